The van der Waals surface area contributed by atoms with Crippen LogP contribution in [0.5, 0.6) is 0 Å². The molecule has 0 fully saturated rings. The number of nitrogens with two attached hydrogens (primary N) is 1. The van der Waals surface area contributed by atoms with Crippen LogP contribution in [0.25, 0.3) is 0 Å². The molecule has 1 aromatic rings. The molecule has 1 aromatic carbocycles. The van der Waals surface area contributed by atoms with Crippen molar-refractivity contribution < 1.29 is 40.2 Å². The SMILES string of the molecule is NC(Cc1ccccc1)C(=O)O.O=C(CO)[C@H](O)[C@@H](O)[C@H](O)CO. The molecule has 0 saturated carbocycles. The van der Waals surface area contributed by atoms with Crippen molar-refractivity contribution in [3.8, 4) is 0 Å². The summed E-state index contributed by atoms with van der Waals surface area (Å²) in [5.41, 5.74) is 6.30. The number of benzene rings is 1. The first-order valence-corrected chi connectivity index (χ1v) is 7.05. The fourth-order valence-electron chi connectivity index (χ4n) is 1.56. The van der Waals surface area contributed by atoms with Crippen LogP contribution in [0.15, 0.2) is 30.3 Å². The molecule has 24 heavy (non-hydrogen) atoms. The zero-order chi connectivity index (χ0) is 18.7. The zero-order valence-corrected chi connectivity index (χ0v) is 12.9. The summed E-state index contributed by atoms with van der Waals surface area (Å²) in [4.78, 5) is 20.9. The first-order valence-electron chi connectivity index (χ1n) is 7.05. The van der Waals surface area contributed by atoms with Crippen LogP contribution in [0.4, 0.5) is 0 Å². The van der Waals surface area contributed by atoms with Gasteiger partial charge in [0.15, 0.2) is 5.78 Å². The van der Waals surface area contributed by atoms with Crippen molar-refractivity contribution in [3.63, 3.8) is 0 Å². The van der Waals surface area contributed by atoms with Gasteiger partial charge >= 0.3 is 5.97 Å². The van der Waals surface area contributed by atoms with Gasteiger partial charge in [-0.3, -0.25) is 9.59 Å². The Morgan fingerprint density at radius 1 is 1.04 bits per heavy atom. The zero-order valence-electron chi connectivity index (χ0n) is 12.9. The van der Waals surface area contributed by atoms with Gasteiger partial charge in [0.2, 0.25) is 0 Å². The smallest absolute Gasteiger partial charge is 0.320 e. The Hall–Kier alpha value is -1.88. The number of carboxylic acids is 1. The molecule has 8 N–H and O–H groups in total. The number of carbonyl (C=O) groups is 2. The van der Waals surface area contributed by atoms with Gasteiger partial charge in [-0.15, -0.1) is 0 Å². The van der Waals surface area contributed by atoms with Crippen LogP contribution in [0.2, 0.25) is 0 Å². The lowest BCUT2D eigenvalue weighted by Crippen LogP contribution is -2.44. The molecule has 136 valence electrons. The molecule has 1 rings (SSSR count). The first-order chi connectivity index (χ1) is 11.2. The van der Waals surface area contributed by atoms with E-state index in [1.807, 2.05) is 30.3 Å². The van der Waals surface area contributed by atoms with Gasteiger partial charge < -0.3 is 36.4 Å². The summed E-state index contributed by atoms with van der Waals surface area (Å²) in [5.74, 6) is -1.96. The number of aliphatic carboxylic acids is 1. The minimum Gasteiger partial charge on any atom is -0.480 e. The van der Waals surface area contributed by atoms with Crippen LogP contribution >= 0.6 is 0 Å². The van der Waals surface area contributed by atoms with Crippen molar-refractivity contribution in [3.05, 3.63) is 35.9 Å². The molecule has 0 heterocycles. The Balaban J connectivity index is 0.000000441. The van der Waals surface area contributed by atoms with Crippen LogP contribution in [0.3, 0.4) is 0 Å². The van der Waals surface area contributed by atoms with Crippen molar-refractivity contribution in [2.45, 2.75) is 30.8 Å². The summed E-state index contributed by atoms with van der Waals surface area (Å²) in [6.45, 7) is -1.69. The number of aliphatic hydroxyl groups is 5. The molecule has 0 saturated heterocycles. The number of aliphatic hydroxyl groups excluding tert-OH is 5. The highest BCUT2D eigenvalue weighted by Gasteiger charge is 2.28. The van der Waals surface area contributed by atoms with E-state index in [1.54, 1.807) is 0 Å². The van der Waals surface area contributed by atoms with Crippen LogP contribution in [-0.4, -0.2) is 80.0 Å². The van der Waals surface area contributed by atoms with E-state index in [9.17, 15) is 9.59 Å². The molecule has 9 heteroatoms. The van der Waals surface area contributed by atoms with Gasteiger partial charge in [-0.05, 0) is 12.0 Å². The highest BCUT2D eigenvalue weighted by Crippen LogP contribution is 2.01. The topological polar surface area (TPSA) is 182 Å². The lowest BCUT2D eigenvalue weighted by atomic mass is 10.1. The molecule has 0 aliphatic rings. The third-order valence-electron chi connectivity index (χ3n) is 3.01. The summed E-state index contributed by atoms with van der Waals surface area (Å²) in [7, 11) is 0. The predicted molar refractivity (Wildman–Crippen MR) is 83.0 cm³/mol. The van der Waals surface area contributed by atoms with E-state index >= 15 is 0 Å². The third kappa shape index (κ3) is 8.11. The number of hydrogen-bond acceptors (Lipinski definition) is 8. The molecule has 0 spiro atoms. The van der Waals surface area contributed by atoms with Gasteiger partial charge in [-0.25, -0.2) is 0 Å². The van der Waals surface area contributed by atoms with E-state index in [1.165, 1.54) is 0 Å². The highest BCUT2D eigenvalue weighted by atomic mass is 16.4. The summed E-state index contributed by atoms with van der Waals surface area (Å²) in [5, 5.41) is 51.6. The maximum absolute atomic E-state index is 10.5. The van der Waals surface area contributed by atoms with Gasteiger partial charge in [-0.2, -0.15) is 0 Å². The average molecular weight is 345 g/mol. The van der Waals surface area contributed by atoms with Crippen molar-refractivity contribution in [1.82, 2.24) is 0 Å². The number of hydrogen-bond donors (Lipinski definition) is 7. The number of Topliss-reactive ketones (excluding diaryl/α,β-unsaturated/α-hetero) is 1. The lowest BCUT2D eigenvalue weighted by Gasteiger charge is -2.19. The van der Waals surface area contributed by atoms with Crippen molar-refractivity contribution >= 4 is 11.8 Å². The van der Waals surface area contributed by atoms with Crippen molar-refractivity contribution in [2.75, 3.05) is 13.2 Å². The highest BCUT2D eigenvalue weighted by molar-refractivity contribution is 5.84. The van der Waals surface area contributed by atoms with Crippen LogP contribution in [0.1, 0.15) is 5.56 Å². The largest absolute Gasteiger partial charge is 0.480 e. The Morgan fingerprint density at radius 2 is 1.58 bits per heavy atom. The summed E-state index contributed by atoms with van der Waals surface area (Å²) in [6.07, 6.45) is -4.84. The molecule has 1 unspecified atom stereocenters. The molecule has 0 bridgehead atoms. The molecular weight excluding hydrogens is 322 g/mol. The van der Waals surface area contributed by atoms with E-state index in [0.29, 0.717) is 6.42 Å². The van der Waals surface area contributed by atoms with Crippen LogP contribution in [-0.2, 0) is 16.0 Å². The molecule has 0 aromatic heterocycles. The minimum atomic E-state index is -1.86. The minimum absolute atomic E-state index is 0.385. The molecular formula is C15H23NO8. The lowest BCUT2D eigenvalue weighted by molar-refractivity contribution is -0.142. The molecule has 0 radical (unpaired) electrons. The van der Waals surface area contributed by atoms with Gasteiger partial charge in [0.1, 0.15) is 31.0 Å². The standard InChI is InChI=1S/C9H11NO2.C6H12O6/c10-8(9(11)12)6-7-4-2-1-3-5-7;7-1-3(9)5(11)6(12)4(10)2-8/h1-5,8H,6,10H2,(H,11,12);3,5-9,11-12H,1-2H2/t;3-,5+,6+/m.1/s1. The van der Waals surface area contributed by atoms with Crippen LogP contribution in [0, 0.1) is 0 Å². The van der Waals surface area contributed by atoms with Gasteiger partial charge in [0.05, 0.1) is 6.61 Å². The molecule has 9 nitrogen and oxygen atoms in total. The van der Waals surface area contributed by atoms with E-state index in [-0.39, 0.29) is 0 Å². The second-order valence-corrected chi connectivity index (χ2v) is 4.94. The normalized spacial score (nSPS) is 15.4. The number of ketones is 1. The maximum atomic E-state index is 10.5. The summed E-state index contributed by atoms with van der Waals surface area (Å²) < 4.78 is 0. The maximum Gasteiger partial charge on any atom is 0.320 e. The number of carboxylic acid groups (broad SMARTS) is 1. The average Bonchev–Trinajstić information content (AvgIpc) is 2.60. The number of carbonyl (C=O) groups excluding carboxylic acids is 1. The van der Waals surface area contributed by atoms with Crippen molar-refractivity contribution in [1.29, 1.82) is 0 Å². The van der Waals surface area contributed by atoms with E-state index < -0.39 is 49.3 Å². The Labute approximate surface area is 138 Å². The predicted octanol–water partition coefficient (Wildman–Crippen LogP) is -2.74. The Morgan fingerprint density at radius 3 is 2.00 bits per heavy atom. The molecule has 4 atom stereocenters. The molecule has 0 amide bonds. The van der Waals surface area contributed by atoms with Gasteiger partial charge in [0, 0.05) is 0 Å². The van der Waals surface area contributed by atoms with E-state index in [4.69, 9.17) is 36.4 Å². The monoisotopic (exact) mass is 345 g/mol. The summed E-state index contributed by atoms with van der Waals surface area (Å²) >= 11 is 0. The quantitative estimate of drug-likeness (QED) is 0.263. The molecule has 0 aliphatic carbocycles. The fourth-order valence-corrected chi connectivity index (χ4v) is 1.56. The Kier molecular flexibility index (Phi) is 10.7. The second kappa shape index (κ2) is 11.6. The van der Waals surface area contributed by atoms with Crippen LogP contribution < -0.4 is 5.73 Å². The van der Waals surface area contributed by atoms with Crippen molar-refractivity contribution in [2.24, 2.45) is 5.73 Å². The Bertz CT molecular complexity index is 496. The van der Waals surface area contributed by atoms with E-state index in [0.717, 1.165) is 5.56 Å². The summed E-state index contributed by atoms with van der Waals surface area (Å²) in [6, 6.07) is 8.54. The molecule has 0 aliphatic heterocycles. The van der Waals surface area contributed by atoms with Gasteiger partial charge in [-0.1, -0.05) is 30.3 Å². The third-order valence-corrected chi connectivity index (χ3v) is 3.01. The van der Waals surface area contributed by atoms with E-state index in [2.05, 4.69) is 0 Å². The second-order valence-electron chi connectivity index (χ2n) is 4.94. The first kappa shape index (κ1) is 22.1. The van der Waals surface area contributed by atoms with Gasteiger partial charge in [0.25, 0.3) is 0 Å². The number of rotatable bonds is 8. The fraction of sp³-hybridized carbons (Fsp3) is 0.467.